The van der Waals surface area contributed by atoms with E-state index in [4.69, 9.17) is 3.76 Å². The normalized spacial score (nSPS) is 7.86. The predicted molar refractivity (Wildman–Crippen MR) is 96.3 cm³/mol. The van der Waals surface area contributed by atoms with Crippen molar-refractivity contribution in [2.24, 2.45) is 0 Å². The molecule has 0 aliphatic rings. The van der Waals surface area contributed by atoms with Crippen LogP contribution in [0, 0.1) is 9.67 Å². The van der Waals surface area contributed by atoms with Crippen LogP contribution in [0.4, 0.5) is 0 Å². The molecule has 4 nitrogen and oxygen atoms in total. The van der Waals surface area contributed by atoms with Crippen LogP contribution in [0.1, 0.15) is 62.3 Å². The van der Waals surface area contributed by atoms with Crippen molar-refractivity contribution in [3.05, 3.63) is 21.9 Å². The SMILES string of the molecule is CC[N-]CC.CC[N-]CC.CC[N-]CC.C[C-](C)C.[NH]=[Ta]. The molecule has 0 radical (unpaired) electrons. The van der Waals surface area contributed by atoms with Crippen molar-refractivity contribution in [3.8, 4) is 0 Å². The van der Waals surface area contributed by atoms with Crippen molar-refractivity contribution >= 4 is 0 Å². The molecule has 0 amide bonds. The van der Waals surface area contributed by atoms with Crippen LogP contribution in [0.3, 0.4) is 0 Å². The fraction of sp³-hybridized carbons (Fsp3) is 0.938. The molecule has 0 saturated carbocycles. The third kappa shape index (κ3) is 168. The van der Waals surface area contributed by atoms with Crippen molar-refractivity contribution in [2.75, 3.05) is 39.3 Å². The molecule has 0 unspecified atom stereocenters. The van der Waals surface area contributed by atoms with E-state index in [9.17, 15) is 0 Å². The molecule has 133 valence electrons. The van der Waals surface area contributed by atoms with Gasteiger partial charge in [-0.25, -0.2) is 0 Å². The molecule has 0 spiro atoms. The first-order chi connectivity index (χ1) is 9.97. The van der Waals surface area contributed by atoms with Gasteiger partial charge in [0.25, 0.3) is 0 Å². The van der Waals surface area contributed by atoms with E-state index in [-0.39, 0.29) is 0 Å². The molecular weight excluding hydrogens is 429 g/mol. The standard InChI is InChI=1S/3C4H10N.C4H9.HN.Ta/c3*1-3-5-4-2;1-4(2)3;;/h3*3-4H2,1-2H3;1-3H3;1H;/q4*-1;;. The average Bonchev–Trinajstić information content (AvgIpc) is 2.44. The molecule has 21 heavy (non-hydrogen) atoms. The van der Waals surface area contributed by atoms with E-state index in [2.05, 4.69) is 36.7 Å². The second-order valence-electron chi connectivity index (χ2n) is 4.07. The van der Waals surface area contributed by atoms with E-state index in [1.807, 2.05) is 41.5 Å². The minimum atomic E-state index is 0.694. The Kier molecular flexibility index (Phi) is 78.8. The molecule has 0 aromatic heterocycles. The fourth-order valence-electron chi connectivity index (χ4n) is 0.671. The van der Waals surface area contributed by atoms with Gasteiger partial charge >= 0.3 is 24.6 Å². The third-order valence-electron chi connectivity index (χ3n) is 1.34. The molecule has 0 bridgehead atoms. The molecule has 0 aliphatic heterocycles. The Morgan fingerprint density at radius 2 is 0.667 bits per heavy atom. The van der Waals surface area contributed by atoms with Crippen LogP contribution < -0.4 is 0 Å². The molecule has 5 heteroatoms. The van der Waals surface area contributed by atoms with Crippen LogP contribution >= 0.6 is 0 Å². The summed E-state index contributed by atoms with van der Waals surface area (Å²) in [5, 5.41) is 11.9. The van der Waals surface area contributed by atoms with Gasteiger partial charge in [-0.1, -0.05) is 41.5 Å². The quantitative estimate of drug-likeness (QED) is 0.456. The Balaban J connectivity index is -0.0000000522. The average molecular weight is 469 g/mol. The Labute approximate surface area is 148 Å². The van der Waals surface area contributed by atoms with Gasteiger partial charge in [-0.05, 0) is 0 Å². The molecule has 0 fully saturated rings. The van der Waals surface area contributed by atoms with E-state index in [1.54, 1.807) is 0 Å². The number of hydrogen-bond donors (Lipinski definition) is 1. The number of rotatable bonds is 6. The summed E-state index contributed by atoms with van der Waals surface area (Å²) >= 11 is 0.694. The summed E-state index contributed by atoms with van der Waals surface area (Å²) in [5.41, 5.74) is 0. The molecule has 0 atom stereocenters. The van der Waals surface area contributed by atoms with E-state index in [1.165, 1.54) is 5.92 Å². The Hall–Kier alpha value is 0.420. The van der Waals surface area contributed by atoms with Gasteiger partial charge in [0.05, 0.1) is 0 Å². The molecular formula is C16H40N4Ta-4. The first-order valence-electron chi connectivity index (χ1n) is 7.86. The van der Waals surface area contributed by atoms with Gasteiger partial charge in [0.1, 0.15) is 0 Å². The summed E-state index contributed by atoms with van der Waals surface area (Å²) in [4.78, 5) is 0. The minimum absolute atomic E-state index is 0.694. The molecule has 0 rings (SSSR count). The van der Waals surface area contributed by atoms with Gasteiger partial charge in [0, 0.05) is 0 Å². The summed E-state index contributed by atoms with van der Waals surface area (Å²) < 4.78 is 5.86. The van der Waals surface area contributed by atoms with Crippen LogP contribution in [0.5, 0.6) is 0 Å². The topological polar surface area (TPSA) is 66.2 Å². The van der Waals surface area contributed by atoms with E-state index in [0.29, 0.717) is 20.9 Å². The summed E-state index contributed by atoms with van der Waals surface area (Å²) in [7, 11) is 0. The van der Waals surface area contributed by atoms with Crippen molar-refractivity contribution in [2.45, 2.75) is 62.3 Å². The van der Waals surface area contributed by atoms with Crippen molar-refractivity contribution in [1.29, 1.82) is 3.76 Å². The molecule has 0 aromatic carbocycles. The number of nitrogens with one attached hydrogen (secondary N) is 1. The van der Waals surface area contributed by atoms with Crippen LogP contribution in [0.25, 0.3) is 16.0 Å². The zero-order valence-corrected chi connectivity index (χ0v) is 19.2. The van der Waals surface area contributed by atoms with Crippen molar-refractivity contribution in [3.63, 3.8) is 0 Å². The molecule has 0 saturated heterocycles. The third-order valence-corrected chi connectivity index (χ3v) is 1.34. The zero-order valence-electron chi connectivity index (χ0n) is 16.0. The number of nitrogens with zero attached hydrogens (tertiary/aromatic N) is 3. The van der Waals surface area contributed by atoms with E-state index >= 15 is 0 Å². The monoisotopic (exact) mass is 469 g/mol. The Bertz CT molecular complexity index is 91.4. The summed E-state index contributed by atoms with van der Waals surface area (Å²) in [6.45, 7) is 24.3. The van der Waals surface area contributed by atoms with Crippen LogP contribution in [0.2, 0.25) is 0 Å². The molecule has 0 aliphatic carbocycles. The van der Waals surface area contributed by atoms with E-state index in [0.717, 1.165) is 39.3 Å². The van der Waals surface area contributed by atoms with E-state index < -0.39 is 0 Å². The Morgan fingerprint density at radius 3 is 0.667 bits per heavy atom. The maximum atomic E-state index is 5.86. The Morgan fingerprint density at radius 1 is 0.571 bits per heavy atom. The van der Waals surface area contributed by atoms with Gasteiger partial charge in [-0.2, -0.15) is 60.0 Å². The molecule has 0 aromatic rings. The predicted octanol–water partition coefficient (Wildman–Crippen LogP) is 6.12. The maximum absolute atomic E-state index is 5.86. The van der Waals surface area contributed by atoms with Gasteiger partial charge < -0.3 is 21.9 Å². The van der Waals surface area contributed by atoms with Gasteiger partial charge in [-0.15, -0.1) is 0 Å². The first kappa shape index (κ1) is 33.1. The van der Waals surface area contributed by atoms with Gasteiger partial charge in [-0.3, -0.25) is 0 Å². The van der Waals surface area contributed by atoms with Crippen molar-refractivity contribution < 1.29 is 20.9 Å². The molecule has 0 heterocycles. The number of hydrogen-bond acceptors (Lipinski definition) is 1. The second-order valence-corrected chi connectivity index (χ2v) is 4.07. The fourth-order valence-corrected chi connectivity index (χ4v) is 0.671. The molecule has 1 N–H and O–H groups in total. The van der Waals surface area contributed by atoms with Crippen LogP contribution in [-0.2, 0) is 20.9 Å². The summed E-state index contributed by atoms with van der Waals surface area (Å²) in [6.07, 6.45) is 0. The second kappa shape index (κ2) is 49.9. The van der Waals surface area contributed by atoms with Gasteiger partial charge in [0.2, 0.25) is 0 Å². The van der Waals surface area contributed by atoms with Crippen LogP contribution in [0.15, 0.2) is 0 Å². The van der Waals surface area contributed by atoms with Gasteiger partial charge in [0.15, 0.2) is 0 Å². The summed E-state index contributed by atoms with van der Waals surface area (Å²) in [6, 6.07) is 0. The van der Waals surface area contributed by atoms with Crippen LogP contribution in [-0.4, -0.2) is 39.3 Å². The zero-order chi connectivity index (χ0) is 17.9. The summed E-state index contributed by atoms with van der Waals surface area (Å²) in [5.74, 6) is 1.42. The first-order valence-corrected chi connectivity index (χ1v) is 9.47. The van der Waals surface area contributed by atoms with Crippen molar-refractivity contribution in [1.82, 2.24) is 0 Å².